The molecule has 0 N–H and O–H groups in total. The summed E-state index contributed by atoms with van der Waals surface area (Å²) in [6.45, 7) is -0.257. The van der Waals surface area contributed by atoms with Gasteiger partial charge in [-0.1, -0.05) is 15.9 Å². The van der Waals surface area contributed by atoms with E-state index in [0.29, 0.717) is 0 Å². The Morgan fingerprint density at radius 3 is 2.29 bits per heavy atom. The molecule has 0 aromatic heterocycles. The molecule has 1 aromatic carbocycles. The second-order valence-electron chi connectivity index (χ2n) is 4.86. The van der Waals surface area contributed by atoms with Crippen molar-refractivity contribution in [3.63, 3.8) is 0 Å². The Hall–Kier alpha value is -1.18. The minimum atomic E-state index is -4.29. The van der Waals surface area contributed by atoms with Crippen LogP contribution in [0.1, 0.15) is 23.2 Å². The first-order chi connectivity index (χ1) is 9.70. The molecule has 0 bridgehead atoms. The van der Waals surface area contributed by atoms with Crippen LogP contribution in [-0.2, 0) is 0 Å². The summed E-state index contributed by atoms with van der Waals surface area (Å²) >= 11 is 2.95. The van der Waals surface area contributed by atoms with Gasteiger partial charge in [0.25, 0.3) is 5.91 Å². The maximum atomic E-state index is 13.6. The van der Waals surface area contributed by atoms with Crippen molar-refractivity contribution < 1.29 is 26.7 Å². The van der Waals surface area contributed by atoms with Crippen LogP contribution >= 0.6 is 15.9 Å². The Labute approximate surface area is 126 Å². The van der Waals surface area contributed by atoms with Crippen molar-refractivity contribution in [3.05, 3.63) is 33.8 Å². The van der Waals surface area contributed by atoms with Crippen LogP contribution in [0.25, 0.3) is 0 Å². The molecule has 0 spiro atoms. The predicted molar refractivity (Wildman–Crippen MR) is 68.7 cm³/mol. The SMILES string of the molecule is O=C(c1cc(Br)cc(F)c1F)N1CCC(C(F)(F)F)CC1. The Bertz CT molecular complexity index is 552. The molecule has 1 heterocycles. The number of hydrogen-bond acceptors (Lipinski definition) is 1. The van der Waals surface area contributed by atoms with Crippen molar-refractivity contribution in [1.29, 1.82) is 0 Å². The molecule has 21 heavy (non-hydrogen) atoms. The molecule has 8 heteroatoms. The highest BCUT2D eigenvalue weighted by Gasteiger charge is 2.42. The number of piperidine rings is 1. The number of nitrogens with zero attached hydrogens (tertiary/aromatic N) is 1. The Morgan fingerprint density at radius 1 is 1.19 bits per heavy atom. The molecule has 1 amide bonds. The van der Waals surface area contributed by atoms with E-state index in [1.807, 2.05) is 0 Å². The second-order valence-corrected chi connectivity index (χ2v) is 5.77. The first-order valence-corrected chi connectivity index (χ1v) is 7.00. The molecule has 1 aromatic rings. The van der Waals surface area contributed by atoms with Gasteiger partial charge in [0.1, 0.15) is 0 Å². The third-order valence-electron chi connectivity index (χ3n) is 3.47. The monoisotopic (exact) mass is 371 g/mol. The van der Waals surface area contributed by atoms with Crippen LogP contribution in [0.2, 0.25) is 0 Å². The van der Waals surface area contributed by atoms with Crippen LogP contribution in [0, 0.1) is 17.6 Å². The molecule has 2 nitrogen and oxygen atoms in total. The third kappa shape index (κ3) is 3.53. The molecule has 116 valence electrons. The molecule has 1 saturated heterocycles. The van der Waals surface area contributed by atoms with Gasteiger partial charge in [0, 0.05) is 17.6 Å². The lowest BCUT2D eigenvalue weighted by Crippen LogP contribution is -2.42. The number of benzene rings is 1. The number of amides is 1. The topological polar surface area (TPSA) is 20.3 Å². The molecule has 2 rings (SSSR count). The highest BCUT2D eigenvalue weighted by molar-refractivity contribution is 9.10. The maximum Gasteiger partial charge on any atom is 0.391 e. The van der Waals surface area contributed by atoms with Crippen LogP contribution < -0.4 is 0 Å². The molecular weight excluding hydrogens is 361 g/mol. The molecular formula is C13H11BrF5NO. The molecule has 0 unspecified atom stereocenters. The fourth-order valence-corrected chi connectivity index (χ4v) is 2.72. The molecule has 1 fully saturated rings. The van der Waals surface area contributed by atoms with Crippen molar-refractivity contribution in [3.8, 4) is 0 Å². The van der Waals surface area contributed by atoms with Crippen molar-refractivity contribution in [2.24, 2.45) is 5.92 Å². The normalized spacial score (nSPS) is 17.1. The van der Waals surface area contributed by atoms with Crippen molar-refractivity contribution in [2.45, 2.75) is 19.0 Å². The molecule has 0 atom stereocenters. The van der Waals surface area contributed by atoms with Gasteiger partial charge in [0.05, 0.1) is 11.5 Å². The average molecular weight is 372 g/mol. The number of halogens is 6. The predicted octanol–water partition coefficient (Wildman–Crippen LogP) is 4.14. The van der Waals surface area contributed by atoms with Crippen LogP contribution in [0.3, 0.4) is 0 Å². The fourth-order valence-electron chi connectivity index (χ4n) is 2.29. The van der Waals surface area contributed by atoms with E-state index >= 15 is 0 Å². The van der Waals surface area contributed by atoms with Gasteiger partial charge in [0.2, 0.25) is 0 Å². The fraction of sp³-hybridized carbons (Fsp3) is 0.462. The summed E-state index contributed by atoms with van der Waals surface area (Å²) in [5.74, 6) is -4.72. The highest BCUT2D eigenvalue weighted by atomic mass is 79.9. The number of carbonyl (C=O) groups excluding carboxylic acids is 1. The van der Waals surface area contributed by atoms with Crippen LogP contribution in [0.15, 0.2) is 16.6 Å². The van der Waals surface area contributed by atoms with E-state index < -0.39 is 35.2 Å². The molecule has 0 radical (unpaired) electrons. The summed E-state index contributed by atoms with van der Waals surface area (Å²) < 4.78 is 64.7. The number of likely N-dealkylation sites (tertiary alicyclic amines) is 1. The van der Waals surface area contributed by atoms with E-state index in [9.17, 15) is 26.7 Å². The van der Waals surface area contributed by atoms with Crippen molar-refractivity contribution in [2.75, 3.05) is 13.1 Å². The molecule has 0 saturated carbocycles. The van der Waals surface area contributed by atoms with Crippen LogP contribution in [0.5, 0.6) is 0 Å². The summed E-state index contributed by atoms with van der Waals surface area (Å²) in [6, 6.07) is 2.00. The quantitative estimate of drug-likeness (QED) is 0.536. The molecule has 1 aliphatic rings. The highest BCUT2D eigenvalue weighted by Crippen LogP contribution is 2.34. The van der Waals surface area contributed by atoms with E-state index in [-0.39, 0.29) is 30.4 Å². The van der Waals surface area contributed by atoms with Crippen LogP contribution in [0.4, 0.5) is 22.0 Å². The van der Waals surface area contributed by atoms with E-state index in [1.165, 1.54) is 0 Å². The Kier molecular flexibility index (Phi) is 4.55. The van der Waals surface area contributed by atoms with Gasteiger partial charge >= 0.3 is 6.18 Å². The van der Waals surface area contributed by atoms with Gasteiger partial charge in [-0.2, -0.15) is 13.2 Å². The summed E-state index contributed by atoms with van der Waals surface area (Å²) in [6.07, 6.45) is -4.75. The maximum absolute atomic E-state index is 13.6. The lowest BCUT2D eigenvalue weighted by atomic mass is 9.96. The first kappa shape index (κ1) is 16.2. The van der Waals surface area contributed by atoms with Crippen molar-refractivity contribution >= 4 is 21.8 Å². The van der Waals surface area contributed by atoms with Gasteiger partial charge < -0.3 is 4.90 Å². The Balaban J connectivity index is 2.13. The van der Waals surface area contributed by atoms with E-state index in [4.69, 9.17) is 0 Å². The van der Waals surface area contributed by atoms with E-state index in [2.05, 4.69) is 15.9 Å². The zero-order chi connectivity index (χ0) is 15.8. The number of alkyl halides is 3. The van der Waals surface area contributed by atoms with Crippen LogP contribution in [-0.4, -0.2) is 30.1 Å². The minimum absolute atomic E-state index is 0.128. The second kappa shape index (κ2) is 5.90. The summed E-state index contributed by atoms with van der Waals surface area (Å²) in [4.78, 5) is 13.2. The largest absolute Gasteiger partial charge is 0.391 e. The van der Waals surface area contributed by atoms with E-state index in [1.54, 1.807) is 0 Å². The lowest BCUT2D eigenvalue weighted by molar-refractivity contribution is -0.183. The van der Waals surface area contributed by atoms with Gasteiger partial charge in [-0.15, -0.1) is 0 Å². The number of rotatable bonds is 1. The Morgan fingerprint density at radius 2 is 1.76 bits per heavy atom. The third-order valence-corrected chi connectivity index (χ3v) is 3.93. The minimum Gasteiger partial charge on any atom is -0.339 e. The van der Waals surface area contributed by atoms with Gasteiger partial charge in [-0.05, 0) is 25.0 Å². The smallest absolute Gasteiger partial charge is 0.339 e. The van der Waals surface area contributed by atoms with Gasteiger partial charge in [-0.25, -0.2) is 8.78 Å². The van der Waals surface area contributed by atoms with Gasteiger partial charge in [-0.3, -0.25) is 4.79 Å². The lowest BCUT2D eigenvalue weighted by Gasteiger charge is -2.33. The average Bonchev–Trinajstić information content (AvgIpc) is 2.41. The van der Waals surface area contributed by atoms with Crippen molar-refractivity contribution in [1.82, 2.24) is 4.90 Å². The van der Waals surface area contributed by atoms with Gasteiger partial charge in [0.15, 0.2) is 11.6 Å². The summed E-state index contributed by atoms with van der Waals surface area (Å²) in [7, 11) is 0. The zero-order valence-electron chi connectivity index (χ0n) is 10.7. The van der Waals surface area contributed by atoms with E-state index in [0.717, 1.165) is 17.0 Å². The standard InChI is InChI=1S/C13H11BrF5NO/c14-8-5-9(11(16)10(15)6-8)12(21)20-3-1-7(2-4-20)13(17,18)19/h5-7H,1-4H2. The first-order valence-electron chi connectivity index (χ1n) is 6.20. The number of carbonyl (C=O) groups is 1. The zero-order valence-corrected chi connectivity index (χ0v) is 12.3. The molecule has 1 aliphatic heterocycles. The number of hydrogen-bond donors (Lipinski definition) is 0. The summed E-state index contributed by atoms with van der Waals surface area (Å²) in [5.41, 5.74) is -0.479. The summed E-state index contributed by atoms with van der Waals surface area (Å²) in [5, 5.41) is 0. The molecule has 0 aliphatic carbocycles.